The number of aryl methyl sites for hydroxylation is 1. The quantitative estimate of drug-likeness (QED) is 0.887. The Morgan fingerprint density at radius 3 is 2.33 bits per heavy atom. The van der Waals surface area contributed by atoms with Crippen LogP contribution in [0.2, 0.25) is 0 Å². The molecule has 1 unspecified atom stereocenters. The molecule has 1 aliphatic rings. The summed E-state index contributed by atoms with van der Waals surface area (Å²) < 4.78 is 0. The lowest BCUT2D eigenvalue weighted by molar-refractivity contribution is -0.140. The summed E-state index contributed by atoms with van der Waals surface area (Å²) >= 11 is 0. The molecular weight excluding hydrogens is 250 g/mol. The molecule has 2 N–H and O–H groups in total. The molecule has 4 heteroatoms. The molecule has 100 valence electrons. The molecule has 1 heterocycles. The predicted molar refractivity (Wildman–Crippen MR) is 74.4 cm³/mol. The monoisotopic (exact) mass is 269 g/mol. The summed E-state index contributed by atoms with van der Waals surface area (Å²) in [7, 11) is 0. The van der Waals surface area contributed by atoms with Gasteiger partial charge in [-0.1, -0.05) is 29.8 Å². The number of carboxylic acid groups (broad SMARTS) is 1. The van der Waals surface area contributed by atoms with Gasteiger partial charge in [-0.2, -0.15) is 0 Å². The van der Waals surface area contributed by atoms with Crippen molar-refractivity contribution in [1.29, 1.82) is 0 Å². The van der Waals surface area contributed by atoms with Gasteiger partial charge in [0.25, 0.3) is 0 Å². The van der Waals surface area contributed by atoms with Crippen LogP contribution in [-0.4, -0.2) is 24.2 Å². The number of hydrogen-bond donors (Lipinski definition) is 2. The highest BCUT2D eigenvalue weighted by atomic mass is 35.5. The molecule has 0 amide bonds. The van der Waals surface area contributed by atoms with Crippen LogP contribution in [0.15, 0.2) is 24.3 Å². The van der Waals surface area contributed by atoms with Gasteiger partial charge in [-0.3, -0.25) is 4.79 Å². The first kappa shape index (κ1) is 15.0. The molecule has 1 atom stereocenters. The van der Waals surface area contributed by atoms with Crippen LogP contribution in [0.1, 0.15) is 29.9 Å². The van der Waals surface area contributed by atoms with Gasteiger partial charge in [0.2, 0.25) is 0 Å². The van der Waals surface area contributed by atoms with E-state index in [0.29, 0.717) is 0 Å². The topological polar surface area (TPSA) is 49.3 Å². The second-order valence-electron chi connectivity index (χ2n) is 4.81. The molecule has 0 aliphatic carbocycles. The molecule has 0 radical (unpaired) electrons. The summed E-state index contributed by atoms with van der Waals surface area (Å²) in [5.41, 5.74) is 2.11. The van der Waals surface area contributed by atoms with E-state index in [0.717, 1.165) is 31.5 Å². The smallest absolute Gasteiger partial charge is 0.311 e. The van der Waals surface area contributed by atoms with Crippen molar-refractivity contribution in [3.63, 3.8) is 0 Å². The summed E-state index contributed by atoms with van der Waals surface area (Å²) in [6, 6.07) is 7.89. The van der Waals surface area contributed by atoms with E-state index in [1.807, 2.05) is 31.2 Å². The number of nitrogens with one attached hydrogen (secondary N) is 1. The van der Waals surface area contributed by atoms with Crippen molar-refractivity contribution in [1.82, 2.24) is 5.32 Å². The minimum atomic E-state index is -0.694. The molecule has 0 saturated carbocycles. The maximum atomic E-state index is 11.5. The van der Waals surface area contributed by atoms with Crippen molar-refractivity contribution in [3.05, 3.63) is 35.4 Å². The van der Waals surface area contributed by atoms with E-state index in [2.05, 4.69) is 5.32 Å². The Morgan fingerprint density at radius 2 is 1.83 bits per heavy atom. The second kappa shape index (κ2) is 6.76. The molecular formula is C14H20ClNO2. The lowest BCUT2D eigenvalue weighted by Gasteiger charge is -2.28. The Bertz CT molecular complexity index is 385. The lowest BCUT2D eigenvalue weighted by Crippen LogP contribution is -2.33. The molecule has 2 rings (SSSR count). The summed E-state index contributed by atoms with van der Waals surface area (Å²) in [6.45, 7) is 3.88. The average Bonchev–Trinajstić information content (AvgIpc) is 2.33. The van der Waals surface area contributed by atoms with Gasteiger partial charge in [0, 0.05) is 0 Å². The van der Waals surface area contributed by atoms with Crippen molar-refractivity contribution in [2.45, 2.75) is 25.7 Å². The highest BCUT2D eigenvalue weighted by molar-refractivity contribution is 5.85. The van der Waals surface area contributed by atoms with Gasteiger partial charge >= 0.3 is 5.97 Å². The highest BCUT2D eigenvalue weighted by Gasteiger charge is 2.30. The van der Waals surface area contributed by atoms with Crippen LogP contribution >= 0.6 is 12.4 Å². The Balaban J connectivity index is 0.00000162. The summed E-state index contributed by atoms with van der Waals surface area (Å²) in [5, 5.41) is 12.7. The average molecular weight is 270 g/mol. The van der Waals surface area contributed by atoms with E-state index in [9.17, 15) is 9.90 Å². The van der Waals surface area contributed by atoms with Crippen LogP contribution in [0.3, 0.4) is 0 Å². The van der Waals surface area contributed by atoms with E-state index in [-0.39, 0.29) is 24.2 Å². The van der Waals surface area contributed by atoms with Gasteiger partial charge in [0.15, 0.2) is 0 Å². The Labute approximate surface area is 114 Å². The number of carbonyl (C=O) groups is 1. The third-order valence-corrected chi connectivity index (χ3v) is 3.56. The standard InChI is InChI=1S/C14H19NO2.ClH/c1-10-2-4-11(5-3-10)13(14(16)17)12-6-8-15-9-7-12;/h2-5,12-13,15H,6-9H2,1H3,(H,16,17);1H. The van der Waals surface area contributed by atoms with Crippen LogP contribution in [-0.2, 0) is 4.79 Å². The van der Waals surface area contributed by atoms with Gasteiger partial charge in [-0.25, -0.2) is 0 Å². The number of hydrogen-bond acceptors (Lipinski definition) is 2. The number of benzene rings is 1. The largest absolute Gasteiger partial charge is 0.481 e. The molecule has 1 aromatic carbocycles. The van der Waals surface area contributed by atoms with Crippen LogP contribution in [0.25, 0.3) is 0 Å². The van der Waals surface area contributed by atoms with Gasteiger partial charge < -0.3 is 10.4 Å². The van der Waals surface area contributed by atoms with E-state index in [4.69, 9.17) is 0 Å². The summed E-state index contributed by atoms with van der Waals surface area (Å²) in [5.74, 6) is -0.782. The fourth-order valence-corrected chi connectivity index (χ4v) is 2.57. The molecule has 1 fully saturated rings. The zero-order valence-corrected chi connectivity index (χ0v) is 11.4. The number of rotatable bonds is 3. The van der Waals surface area contributed by atoms with Crippen LogP contribution in [0, 0.1) is 12.8 Å². The minimum Gasteiger partial charge on any atom is -0.481 e. The Kier molecular flexibility index (Phi) is 5.63. The second-order valence-corrected chi connectivity index (χ2v) is 4.81. The van der Waals surface area contributed by atoms with Gasteiger partial charge in [-0.05, 0) is 44.3 Å². The van der Waals surface area contributed by atoms with E-state index in [1.165, 1.54) is 5.56 Å². The molecule has 1 aromatic rings. The molecule has 1 aliphatic heterocycles. The van der Waals surface area contributed by atoms with Crippen LogP contribution < -0.4 is 5.32 Å². The molecule has 18 heavy (non-hydrogen) atoms. The Hall–Kier alpha value is -1.06. The maximum absolute atomic E-state index is 11.5. The summed E-state index contributed by atoms with van der Waals surface area (Å²) in [6.07, 6.45) is 1.90. The number of halogens is 1. The normalized spacial score (nSPS) is 17.8. The number of piperidine rings is 1. The molecule has 0 spiro atoms. The molecule has 1 saturated heterocycles. The highest BCUT2D eigenvalue weighted by Crippen LogP contribution is 2.31. The van der Waals surface area contributed by atoms with Crippen LogP contribution in [0.4, 0.5) is 0 Å². The summed E-state index contributed by atoms with van der Waals surface area (Å²) in [4.78, 5) is 11.5. The van der Waals surface area contributed by atoms with E-state index in [1.54, 1.807) is 0 Å². The molecule has 0 bridgehead atoms. The first-order chi connectivity index (χ1) is 8.18. The van der Waals surface area contributed by atoms with E-state index >= 15 is 0 Å². The fourth-order valence-electron chi connectivity index (χ4n) is 2.57. The van der Waals surface area contributed by atoms with Gasteiger partial charge in [0.05, 0.1) is 5.92 Å². The minimum absolute atomic E-state index is 0. The maximum Gasteiger partial charge on any atom is 0.311 e. The van der Waals surface area contributed by atoms with Gasteiger partial charge in [0.1, 0.15) is 0 Å². The number of carboxylic acids is 1. The first-order valence-electron chi connectivity index (χ1n) is 6.18. The number of aliphatic carboxylic acids is 1. The zero-order valence-electron chi connectivity index (χ0n) is 10.6. The first-order valence-corrected chi connectivity index (χ1v) is 6.18. The SMILES string of the molecule is Cc1ccc(C(C(=O)O)C2CCNCC2)cc1.Cl. The van der Waals surface area contributed by atoms with Crippen molar-refractivity contribution >= 4 is 18.4 Å². The van der Waals surface area contributed by atoms with E-state index < -0.39 is 5.97 Å². The lowest BCUT2D eigenvalue weighted by atomic mass is 9.80. The van der Waals surface area contributed by atoms with Crippen LogP contribution in [0.5, 0.6) is 0 Å². The van der Waals surface area contributed by atoms with Crippen molar-refractivity contribution in [2.24, 2.45) is 5.92 Å². The Morgan fingerprint density at radius 1 is 1.28 bits per heavy atom. The van der Waals surface area contributed by atoms with Crippen molar-refractivity contribution in [2.75, 3.05) is 13.1 Å². The van der Waals surface area contributed by atoms with Gasteiger partial charge in [-0.15, -0.1) is 12.4 Å². The molecule has 3 nitrogen and oxygen atoms in total. The predicted octanol–water partition coefficient (Wildman–Crippen LogP) is 2.58. The third kappa shape index (κ3) is 3.47. The molecule has 0 aromatic heterocycles. The fraction of sp³-hybridized carbons (Fsp3) is 0.500. The van der Waals surface area contributed by atoms with Crippen molar-refractivity contribution < 1.29 is 9.90 Å². The zero-order chi connectivity index (χ0) is 12.3. The third-order valence-electron chi connectivity index (χ3n) is 3.56. The van der Waals surface area contributed by atoms with Crippen molar-refractivity contribution in [3.8, 4) is 0 Å².